The molecule has 0 unspecified atom stereocenters. The Morgan fingerprint density at radius 2 is 1.51 bits per heavy atom. The van der Waals surface area contributed by atoms with Crippen molar-refractivity contribution < 1.29 is 37.9 Å². The first-order chi connectivity index (χ1) is 20.1. The highest BCUT2D eigenvalue weighted by Crippen LogP contribution is 2.42. The van der Waals surface area contributed by atoms with Crippen molar-refractivity contribution in [3.63, 3.8) is 0 Å². The molecule has 1 amide bonds. The number of hydrogen-bond acceptors (Lipinski definition) is 9. The van der Waals surface area contributed by atoms with Gasteiger partial charge >= 0.3 is 11.9 Å². The van der Waals surface area contributed by atoms with Gasteiger partial charge in [-0.25, -0.2) is 0 Å². The molecule has 2 aromatic rings. The van der Waals surface area contributed by atoms with Crippen LogP contribution in [0.25, 0.3) is 0 Å². The summed E-state index contributed by atoms with van der Waals surface area (Å²) in [6.45, 7) is 13.6. The molecule has 0 N–H and O–H groups in total. The summed E-state index contributed by atoms with van der Waals surface area (Å²) in [5.74, 6) is -2.15. The molecule has 0 aromatic heterocycles. The van der Waals surface area contributed by atoms with Crippen LogP contribution >= 0.6 is 0 Å². The number of nitrogens with zero attached hydrogens (tertiary/aromatic N) is 2. The first-order valence-electron chi connectivity index (χ1n) is 14.2. The standard InChI is InChI=1S/C31H42N2O9Si/c1-20(30(36)41-19-23-11-15-25(39-6)16-12-23)28-27(21(2)42-43(7,8)31(3,4)5)29(35)32(28)17-26(34)40-18-22-9-13-24(14-10-22)33(37)38/h9-16,20-21,27-28H,17-19H2,1-8H3/t20-,21-,27-,28-/m1/s1. The highest BCUT2D eigenvalue weighted by Gasteiger charge is 2.56. The number of non-ortho nitro benzene ring substituents is 1. The molecular formula is C31H42N2O9Si. The van der Waals surface area contributed by atoms with Crippen LogP contribution in [0.5, 0.6) is 5.75 Å². The molecule has 0 bridgehead atoms. The third kappa shape index (κ3) is 8.20. The van der Waals surface area contributed by atoms with Gasteiger partial charge in [0.2, 0.25) is 5.91 Å². The lowest BCUT2D eigenvalue weighted by Gasteiger charge is -2.52. The van der Waals surface area contributed by atoms with E-state index in [-0.39, 0.29) is 36.4 Å². The molecule has 3 rings (SSSR count). The number of benzene rings is 2. The second-order valence-electron chi connectivity index (χ2n) is 12.4. The summed E-state index contributed by atoms with van der Waals surface area (Å²) in [6, 6.07) is 12.2. The summed E-state index contributed by atoms with van der Waals surface area (Å²) in [5.41, 5.74) is 1.27. The smallest absolute Gasteiger partial charge is 0.325 e. The fraction of sp³-hybridized carbons (Fsp3) is 0.516. The lowest BCUT2D eigenvalue weighted by molar-refractivity contribution is -0.384. The van der Waals surface area contributed by atoms with E-state index in [9.17, 15) is 24.5 Å². The number of carbonyl (C=O) groups excluding carboxylic acids is 3. The highest BCUT2D eigenvalue weighted by molar-refractivity contribution is 6.74. The van der Waals surface area contributed by atoms with Crippen LogP contribution in [0.4, 0.5) is 5.69 Å². The summed E-state index contributed by atoms with van der Waals surface area (Å²) in [6.07, 6.45) is -0.484. The van der Waals surface area contributed by atoms with E-state index in [2.05, 4.69) is 33.9 Å². The van der Waals surface area contributed by atoms with Crippen LogP contribution in [0, 0.1) is 22.0 Å². The number of ether oxygens (including phenoxy) is 3. The number of β-lactam (4-membered cyclic amide) rings is 1. The van der Waals surface area contributed by atoms with Crippen molar-refractivity contribution in [1.82, 2.24) is 4.90 Å². The molecular weight excluding hydrogens is 572 g/mol. The van der Waals surface area contributed by atoms with Gasteiger partial charge in [0.05, 0.1) is 36.0 Å². The number of hydrogen-bond donors (Lipinski definition) is 0. The van der Waals surface area contributed by atoms with E-state index in [1.807, 2.05) is 6.92 Å². The summed E-state index contributed by atoms with van der Waals surface area (Å²) >= 11 is 0. The van der Waals surface area contributed by atoms with Crippen LogP contribution < -0.4 is 4.74 Å². The Balaban J connectivity index is 1.72. The number of carbonyl (C=O) groups is 3. The molecule has 11 nitrogen and oxygen atoms in total. The topological polar surface area (TPSA) is 135 Å². The molecule has 12 heteroatoms. The molecule has 1 fully saturated rings. The molecule has 43 heavy (non-hydrogen) atoms. The van der Waals surface area contributed by atoms with Gasteiger partial charge in [-0.1, -0.05) is 32.9 Å². The minimum absolute atomic E-state index is 0.0474. The third-order valence-corrected chi connectivity index (χ3v) is 12.9. The molecule has 0 saturated carbocycles. The van der Waals surface area contributed by atoms with Gasteiger partial charge in [-0.2, -0.15) is 0 Å². The van der Waals surface area contributed by atoms with Gasteiger partial charge < -0.3 is 23.5 Å². The van der Waals surface area contributed by atoms with E-state index in [0.717, 1.165) is 5.56 Å². The Morgan fingerprint density at radius 3 is 2.02 bits per heavy atom. The predicted molar refractivity (Wildman–Crippen MR) is 162 cm³/mol. The van der Waals surface area contributed by atoms with Crippen LogP contribution in [0.2, 0.25) is 18.1 Å². The largest absolute Gasteiger partial charge is 0.497 e. The van der Waals surface area contributed by atoms with Gasteiger partial charge in [0, 0.05) is 12.1 Å². The van der Waals surface area contributed by atoms with Crippen LogP contribution in [0.15, 0.2) is 48.5 Å². The van der Waals surface area contributed by atoms with Gasteiger partial charge in [-0.05, 0) is 67.4 Å². The monoisotopic (exact) mass is 614 g/mol. The number of esters is 2. The van der Waals surface area contributed by atoms with Crippen LogP contribution in [0.3, 0.4) is 0 Å². The maximum Gasteiger partial charge on any atom is 0.325 e. The van der Waals surface area contributed by atoms with E-state index in [1.54, 1.807) is 38.3 Å². The number of methoxy groups -OCH3 is 1. The molecule has 4 atom stereocenters. The molecule has 1 saturated heterocycles. The Kier molecular flexibility index (Phi) is 10.7. The zero-order valence-corrected chi connectivity index (χ0v) is 27.1. The van der Waals surface area contributed by atoms with Crippen molar-refractivity contribution in [2.75, 3.05) is 13.7 Å². The SMILES string of the molecule is COc1ccc(COC(=O)[C@H](C)[C@@H]2[C@@H]([C@@H](C)O[Si](C)(C)C(C)(C)C)C(=O)N2CC(=O)OCc2ccc([N+](=O)[O-])cc2)cc1. The summed E-state index contributed by atoms with van der Waals surface area (Å²) in [4.78, 5) is 51.2. The van der Waals surface area contributed by atoms with Gasteiger partial charge in [0.25, 0.3) is 5.69 Å². The molecule has 234 valence electrons. The van der Waals surface area contributed by atoms with Crippen molar-refractivity contribution in [3.8, 4) is 5.75 Å². The number of nitro benzene ring substituents is 1. The quantitative estimate of drug-likeness (QED) is 0.0973. The fourth-order valence-corrected chi connectivity index (χ4v) is 6.19. The Labute approximate surface area is 253 Å². The zero-order chi connectivity index (χ0) is 32.1. The Morgan fingerprint density at radius 1 is 0.977 bits per heavy atom. The van der Waals surface area contributed by atoms with E-state index in [1.165, 1.54) is 29.2 Å². The minimum Gasteiger partial charge on any atom is -0.497 e. The number of likely N-dealkylation sites (tertiary alicyclic amines) is 1. The maximum atomic E-state index is 13.5. The highest BCUT2D eigenvalue weighted by atomic mass is 28.4. The van der Waals surface area contributed by atoms with Crippen molar-refractivity contribution in [2.45, 2.75) is 78.1 Å². The number of nitro groups is 1. The van der Waals surface area contributed by atoms with Gasteiger partial charge in [-0.3, -0.25) is 24.5 Å². The van der Waals surface area contributed by atoms with E-state index in [4.69, 9.17) is 18.6 Å². The lowest BCUT2D eigenvalue weighted by Crippen LogP contribution is -2.69. The maximum absolute atomic E-state index is 13.5. The minimum atomic E-state index is -2.25. The van der Waals surface area contributed by atoms with E-state index >= 15 is 0 Å². The lowest BCUT2D eigenvalue weighted by atomic mass is 9.76. The number of rotatable bonds is 13. The molecule has 0 spiro atoms. The zero-order valence-electron chi connectivity index (χ0n) is 26.1. The fourth-order valence-electron chi connectivity index (χ4n) is 4.76. The van der Waals surface area contributed by atoms with Crippen LogP contribution in [-0.2, 0) is 41.5 Å². The molecule has 0 radical (unpaired) electrons. The van der Waals surface area contributed by atoms with Gasteiger partial charge in [-0.15, -0.1) is 0 Å². The Hall–Kier alpha value is -3.77. The molecule has 1 aliphatic heterocycles. The van der Waals surface area contributed by atoms with Crippen LogP contribution in [0.1, 0.15) is 45.7 Å². The van der Waals surface area contributed by atoms with Gasteiger partial charge in [0.15, 0.2) is 8.32 Å². The molecule has 1 aliphatic rings. The van der Waals surface area contributed by atoms with E-state index in [0.29, 0.717) is 11.3 Å². The molecule has 0 aliphatic carbocycles. The van der Waals surface area contributed by atoms with E-state index < -0.39 is 49.2 Å². The van der Waals surface area contributed by atoms with Crippen LogP contribution in [-0.4, -0.2) is 61.8 Å². The number of amides is 1. The Bertz CT molecular complexity index is 1310. The van der Waals surface area contributed by atoms with Crippen molar-refractivity contribution in [2.24, 2.45) is 11.8 Å². The van der Waals surface area contributed by atoms with Crippen molar-refractivity contribution in [3.05, 3.63) is 69.8 Å². The third-order valence-electron chi connectivity index (χ3n) is 8.36. The molecule has 2 aromatic carbocycles. The molecule has 1 heterocycles. The summed E-state index contributed by atoms with van der Waals surface area (Å²) < 4.78 is 22.7. The second-order valence-corrected chi connectivity index (χ2v) is 17.2. The average molecular weight is 615 g/mol. The first kappa shape index (κ1) is 33.7. The predicted octanol–water partition coefficient (Wildman–Crippen LogP) is 5.26. The van der Waals surface area contributed by atoms with Crippen molar-refractivity contribution in [1.29, 1.82) is 0 Å². The van der Waals surface area contributed by atoms with Gasteiger partial charge in [0.1, 0.15) is 25.5 Å². The second kappa shape index (κ2) is 13.7. The normalized spacial score (nSPS) is 18.3. The summed E-state index contributed by atoms with van der Waals surface area (Å²) in [5, 5.41) is 10.8. The first-order valence-corrected chi connectivity index (χ1v) is 17.1. The van der Waals surface area contributed by atoms with Crippen molar-refractivity contribution >= 4 is 31.9 Å². The summed E-state index contributed by atoms with van der Waals surface area (Å²) in [7, 11) is -0.678. The average Bonchev–Trinajstić information content (AvgIpc) is 2.95.